The Kier molecular flexibility index (Phi) is 4.94. The molecule has 0 aliphatic carbocycles. The van der Waals surface area contributed by atoms with Gasteiger partial charge in [0.1, 0.15) is 5.82 Å². The number of fused-ring (bicyclic) bond motifs is 1. The number of nitrogens with one attached hydrogen (secondary N) is 1. The van der Waals surface area contributed by atoms with Crippen molar-refractivity contribution in [2.75, 3.05) is 17.6 Å². The maximum atomic E-state index is 6.01. The van der Waals surface area contributed by atoms with Crippen LogP contribution >= 0.6 is 0 Å². The van der Waals surface area contributed by atoms with Gasteiger partial charge in [0.2, 0.25) is 5.95 Å². The lowest BCUT2D eigenvalue weighted by Gasteiger charge is -2.33. The predicted molar refractivity (Wildman–Crippen MR) is 108 cm³/mol. The van der Waals surface area contributed by atoms with E-state index in [0.29, 0.717) is 24.4 Å². The first-order chi connectivity index (χ1) is 13.1. The van der Waals surface area contributed by atoms with Gasteiger partial charge in [-0.2, -0.15) is 15.1 Å². The van der Waals surface area contributed by atoms with Crippen LogP contribution in [0, 0.1) is 0 Å². The largest absolute Gasteiger partial charge is 0.383 e. The zero-order chi connectivity index (χ0) is 18.8. The van der Waals surface area contributed by atoms with E-state index in [2.05, 4.69) is 56.5 Å². The van der Waals surface area contributed by atoms with Crippen LogP contribution in [0.2, 0.25) is 0 Å². The Bertz CT molecular complexity index is 916. The molecular formula is C20H27N7. The second-order valence-corrected chi connectivity index (χ2v) is 7.42. The first-order valence-electron chi connectivity index (χ1n) is 9.61. The molecule has 3 aromatic rings. The van der Waals surface area contributed by atoms with Crippen LogP contribution < -0.4 is 11.1 Å². The fraction of sp³-hybridized carbons (Fsp3) is 0.450. The van der Waals surface area contributed by atoms with Gasteiger partial charge in [0, 0.05) is 26.2 Å². The lowest BCUT2D eigenvalue weighted by atomic mass is 10.0. The van der Waals surface area contributed by atoms with Crippen LogP contribution in [-0.2, 0) is 20.1 Å². The van der Waals surface area contributed by atoms with E-state index in [1.54, 1.807) is 10.9 Å². The standard InChI is InChI=1S/C20H27N7/c1-14-5-3-4-10-27(14)13-16-8-6-15(7-9-16)11-22-20-24-18(21)17-12-23-26(2)19(17)25-20/h6-9,12,14H,3-5,10-11,13H2,1-2H3,(H3,21,22,24,25). The smallest absolute Gasteiger partial charge is 0.226 e. The van der Waals surface area contributed by atoms with Crippen molar-refractivity contribution in [2.45, 2.75) is 45.3 Å². The van der Waals surface area contributed by atoms with Crippen molar-refractivity contribution in [3.63, 3.8) is 0 Å². The minimum atomic E-state index is 0.446. The van der Waals surface area contributed by atoms with Gasteiger partial charge in [-0.15, -0.1) is 0 Å². The van der Waals surface area contributed by atoms with Crippen LogP contribution in [0.15, 0.2) is 30.5 Å². The van der Waals surface area contributed by atoms with Crippen molar-refractivity contribution in [1.82, 2.24) is 24.6 Å². The number of anilines is 2. The number of likely N-dealkylation sites (tertiary alicyclic amines) is 1. The molecular weight excluding hydrogens is 338 g/mol. The summed E-state index contributed by atoms with van der Waals surface area (Å²) in [5.41, 5.74) is 9.30. The Hall–Kier alpha value is -2.67. The number of nitrogens with zero attached hydrogens (tertiary/aromatic N) is 5. The fourth-order valence-electron chi connectivity index (χ4n) is 3.69. The summed E-state index contributed by atoms with van der Waals surface area (Å²) in [7, 11) is 1.85. The molecule has 2 aromatic heterocycles. The van der Waals surface area contributed by atoms with Crippen LogP contribution in [0.5, 0.6) is 0 Å². The number of hydrogen-bond acceptors (Lipinski definition) is 6. The molecule has 0 amide bonds. The Morgan fingerprint density at radius 3 is 2.70 bits per heavy atom. The first-order valence-corrected chi connectivity index (χ1v) is 9.61. The summed E-state index contributed by atoms with van der Waals surface area (Å²) in [5, 5.41) is 8.22. The van der Waals surface area contributed by atoms with E-state index in [0.717, 1.165) is 17.6 Å². The quantitative estimate of drug-likeness (QED) is 0.723. The molecule has 1 aromatic carbocycles. The minimum absolute atomic E-state index is 0.446. The van der Waals surface area contributed by atoms with Gasteiger partial charge >= 0.3 is 0 Å². The van der Waals surface area contributed by atoms with Crippen molar-refractivity contribution < 1.29 is 0 Å². The topological polar surface area (TPSA) is 84.9 Å². The lowest BCUT2D eigenvalue weighted by molar-refractivity contribution is 0.152. The summed E-state index contributed by atoms with van der Waals surface area (Å²) in [5.74, 6) is 0.969. The summed E-state index contributed by atoms with van der Waals surface area (Å²) in [6.45, 7) is 5.23. The Balaban J connectivity index is 1.39. The van der Waals surface area contributed by atoms with E-state index in [1.165, 1.54) is 36.9 Å². The molecule has 1 aliphatic heterocycles. The molecule has 3 N–H and O–H groups in total. The maximum Gasteiger partial charge on any atom is 0.226 e. The van der Waals surface area contributed by atoms with Crippen LogP contribution in [-0.4, -0.2) is 37.2 Å². The molecule has 7 nitrogen and oxygen atoms in total. The van der Waals surface area contributed by atoms with E-state index in [1.807, 2.05) is 7.05 Å². The highest BCUT2D eigenvalue weighted by molar-refractivity contribution is 5.86. The molecule has 0 spiro atoms. The minimum Gasteiger partial charge on any atom is -0.383 e. The number of hydrogen-bond donors (Lipinski definition) is 2. The molecule has 27 heavy (non-hydrogen) atoms. The van der Waals surface area contributed by atoms with Crippen LogP contribution in [0.1, 0.15) is 37.3 Å². The number of piperidine rings is 1. The highest BCUT2D eigenvalue weighted by atomic mass is 15.3. The van der Waals surface area contributed by atoms with Crippen molar-refractivity contribution in [3.8, 4) is 0 Å². The van der Waals surface area contributed by atoms with E-state index in [9.17, 15) is 0 Å². The van der Waals surface area contributed by atoms with Crippen molar-refractivity contribution in [2.24, 2.45) is 7.05 Å². The normalized spacial score (nSPS) is 18.1. The molecule has 1 saturated heterocycles. The van der Waals surface area contributed by atoms with Crippen molar-refractivity contribution in [3.05, 3.63) is 41.6 Å². The molecule has 1 unspecified atom stereocenters. The number of aromatic nitrogens is 4. The van der Waals surface area contributed by atoms with Gasteiger partial charge in [-0.1, -0.05) is 30.7 Å². The number of benzene rings is 1. The molecule has 1 fully saturated rings. The molecule has 142 valence electrons. The molecule has 4 rings (SSSR count). The number of aryl methyl sites for hydroxylation is 1. The molecule has 0 radical (unpaired) electrons. The SMILES string of the molecule is CC1CCCCN1Cc1ccc(CNc2nc(N)c3cnn(C)c3n2)cc1. The Morgan fingerprint density at radius 1 is 1.15 bits per heavy atom. The molecule has 1 atom stereocenters. The summed E-state index contributed by atoms with van der Waals surface area (Å²) < 4.78 is 1.70. The second kappa shape index (κ2) is 7.52. The van der Waals surface area contributed by atoms with Crippen LogP contribution in [0.4, 0.5) is 11.8 Å². The van der Waals surface area contributed by atoms with E-state index in [4.69, 9.17) is 5.73 Å². The third-order valence-electron chi connectivity index (χ3n) is 5.42. The third kappa shape index (κ3) is 3.88. The Labute approximate surface area is 159 Å². The molecule has 0 saturated carbocycles. The van der Waals surface area contributed by atoms with Gasteiger partial charge in [-0.05, 0) is 37.4 Å². The monoisotopic (exact) mass is 365 g/mol. The lowest BCUT2D eigenvalue weighted by Crippen LogP contribution is -2.36. The number of nitrogens with two attached hydrogens (primary N) is 1. The predicted octanol–water partition coefficient (Wildman–Crippen LogP) is 2.93. The van der Waals surface area contributed by atoms with E-state index >= 15 is 0 Å². The highest BCUT2D eigenvalue weighted by Gasteiger charge is 2.18. The molecule has 7 heteroatoms. The van der Waals surface area contributed by atoms with E-state index in [-0.39, 0.29) is 0 Å². The van der Waals surface area contributed by atoms with Crippen LogP contribution in [0.25, 0.3) is 11.0 Å². The maximum absolute atomic E-state index is 6.01. The summed E-state index contributed by atoms with van der Waals surface area (Å²) in [6.07, 6.45) is 5.68. The fourth-order valence-corrected chi connectivity index (χ4v) is 3.69. The zero-order valence-electron chi connectivity index (χ0n) is 16.0. The van der Waals surface area contributed by atoms with Gasteiger partial charge in [0.05, 0.1) is 11.6 Å². The first kappa shape index (κ1) is 17.7. The highest BCUT2D eigenvalue weighted by Crippen LogP contribution is 2.20. The number of nitrogen functional groups attached to an aromatic ring is 1. The van der Waals surface area contributed by atoms with Gasteiger partial charge in [0.25, 0.3) is 0 Å². The Morgan fingerprint density at radius 2 is 1.93 bits per heavy atom. The summed E-state index contributed by atoms with van der Waals surface area (Å²) >= 11 is 0. The summed E-state index contributed by atoms with van der Waals surface area (Å²) in [6, 6.07) is 9.46. The third-order valence-corrected chi connectivity index (χ3v) is 5.42. The summed E-state index contributed by atoms with van der Waals surface area (Å²) in [4.78, 5) is 11.4. The molecule has 3 heterocycles. The second-order valence-electron chi connectivity index (χ2n) is 7.42. The van der Waals surface area contributed by atoms with Gasteiger partial charge < -0.3 is 11.1 Å². The van der Waals surface area contributed by atoms with Gasteiger partial charge in [-0.3, -0.25) is 9.58 Å². The molecule has 0 bridgehead atoms. The average Bonchev–Trinajstić information content (AvgIpc) is 3.05. The van der Waals surface area contributed by atoms with Crippen LogP contribution in [0.3, 0.4) is 0 Å². The number of rotatable bonds is 5. The zero-order valence-corrected chi connectivity index (χ0v) is 16.0. The molecule has 1 aliphatic rings. The van der Waals surface area contributed by atoms with Gasteiger partial charge in [-0.25, -0.2) is 0 Å². The average molecular weight is 365 g/mol. The van der Waals surface area contributed by atoms with Gasteiger partial charge in [0.15, 0.2) is 5.65 Å². The van der Waals surface area contributed by atoms with Crippen molar-refractivity contribution >= 4 is 22.8 Å². The van der Waals surface area contributed by atoms with E-state index < -0.39 is 0 Å². The van der Waals surface area contributed by atoms with Crippen molar-refractivity contribution in [1.29, 1.82) is 0 Å².